The fraction of sp³-hybridized carbons (Fsp3) is 0.500. The Hall–Kier alpha value is -0.450. The number of hydrogen-bond donors (Lipinski definition) is 1. The molecule has 1 heterocycles. The highest BCUT2D eigenvalue weighted by Crippen LogP contribution is 2.35. The summed E-state index contributed by atoms with van der Waals surface area (Å²) in [5, 5.41) is 3.15. The van der Waals surface area contributed by atoms with Crippen LogP contribution in [-0.2, 0) is 4.74 Å². The summed E-state index contributed by atoms with van der Waals surface area (Å²) in [4.78, 5) is 0. The fourth-order valence-electron chi connectivity index (χ4n) is 2.16. The van der Waals surface area contributed by atoms with E-state index in [0.29, 0.717) is 10.4 Å². The quantitative estimate of drug-likeness (QED) is 0.923. The van der Waals surface area contributed by atoms with E-state index in [-0.39, 0.29) is 11.9 Å². The maximum atomic E-state index is 13.4. The molecule has 1 fully saturated rings. The van der Waals surface area contributed by atoms with Crippen molar-refractivity contribution in [1.29, 1.82) is 0 Å². The van der Waals surface area contributed by atoms with E-state index in [1.165, 1.54) is 0 Å². The second-order valence-corrected chi connectivity index (χ2v) is 4.93. The summed E-state index contributed by atoms with van der Waals surface area (Å²) < 4.78 is 19.6. The van der Waals surface area contributed by atoms with Gasteiger partial charge >= 0.3 is 0 Å². The van der Waals surface area contributed by atoms with Gasteiger partial charge in [0.05, 0.1) is 10.6 Å². The van der Waals surface area contributed by atoms with Gasteiger partial charge in [0.1, 0.15) is 5.82 Å². The smallest absolute Gasteiger partial charge is 0.137 e. The molecule has 1 aromatic carbocycles. The molecule has 88 valence electrons. The van der Waals surface area contributed by atoms with Gasteiger partial charge in [-0.2, -0.15) is 0 Å². The molecule has 1 aliphatic heterocycles. The van der Waals surface area contributed by atoms with E-state index in [1.807, 2.05) is 13.1 Å². The van der Waals surface area contributed by atoms with Crippen LogP contribution in [0.2, 0.25) is 0 Å². The van der Waals surface area contributed by atoms with Gasteiger partial charge in [-0.05, 0) is 47.1 Å². The van der Waals surface area contributed by atoms with Gasteiger partial charge in [-0.1, -0.05) is 6.07 Å². The van der Waals surface area contributed by atoms with Gasteiger partial charge in [-0.25, -0.2) is 4.39 Å². The normalized spacial score (nSPS) is 24.9. The SMILES string of the molecule is CNCC1CCOC1c1ccc(Br)c(F)c1. The average molecular weight is 288 g/mol. The molecule has 2 rings (SSSR count). The van der Waals surface area contributed by atoms with Crippen molar-refractivity contribution in [2.24, 2.45) is 5.92 Å². The van der Waals surface area contributed by atoms with Crippen molar-refractivity contribution in [3.63, 3.8) is 0 Å². The Morgan fingerprint density at radius 1 is 1.56 bits per heavy atom. The zero-order valence-electron chi connectivity index (χ0n) is 9.17. The van der Waals surface area contributed by atoms with Crippen LogP contribution in [0.4, 0.5) is 4.39 Å². The van der Waals surface area contributed by atoms with E-state index in [4.69, 9.17) is 4.74 Å². The fourth-order valence-corrected chi connectivity index (χ4v) is 2.41. The van der Waals surface area contributed by atoms with E-state index in [2.05, 4.69) is 21.2 Å². The van der Waals surface area contributed by atoms with Crippen LogP contribution in [-0.4, -0.2) is 20.2 Å². The van der Waals surface area contributed by atoms with Crippen LogP contribution in [0, 0.1) is 11.7 Å². The number of hydrogen-bond acceptors (Lipinski definition) is 2. The second kappa shape index (κ2) is 5.25. The third-order valence-corrected chi connectivity index (χ3v) is 3.60. The zero-order chi connectivity index (χ0) is 11.5. The van der Waals surface area contributed by atoms with Crippen molar-refractivity contribution < 1.29 is 9.13 Å². The highest BCUT2D eigenvalue weighted by molar-refractivity contribution is 9.10. The van der Waals surface area contributed by atoms with Gasteiger partial charge in [-0.15, -0.1) is 0 Å². The highest BCUT2D eigenvalue weighted by atomic mass is 79.9. The molecule has 2 atom stereocenters. The minimum Gasteiger partial charge on any atom is -0.373 e. The molecule has 1 aliphatic rings. The molecule has 0 aliphatic carbocycles. The molecule has 1 N–H and O–H groups in total. The number of nitrogens with one attached hydrogen (secondary N) is 1. The second-order valence-electron chi connectivity index (χ2n) is 4.07. The van der Waals surface area contributed by atoms with Gasteiger partial charge in [0.15, 0.2) is 0 Å². The van der Waals surface area contributed by atoms with Crippen molar-refractivity contribution in [2.45, 2.75) is 12.5 Å². The van der Waals surface area contributed by atoms with Crippen molar-refractivity contribution in [3.8, 4) is 0 Å². The highest BCUT2D eigenvalue weighted by Gasteiger charge is 2.29. The molecule has 0 amide bonds. The van der Waals surface area contributed by atoms with Crippen LogP contribution in [0.1, 0.15) is 18.1 Å². The van der Waals surface area contributed by atoms with Crippen molar-refractivity contribution in [1.82, 2.24) is 5.32 Å². The first-order valence-electron chi connectivity index (χ1n) is 5.43. The molecule has 2 unspecified atom stereocenters. The summed E-state index contributed by atoms with van der Waals surface area (Å²) in [7, 11) is 1.93. The molecular weight excluding hydrogens is 273 g/mol. The Morgan fingerprint density at radius 3 is 3.06 bits per heavy atom. The zero-order valence-corrected chi connectivity index (χ0v) is 10.8. The summed E-state index contributed by atoms with van der Waals surface area (Å²) in [6.45, 7) is 1.66. The third-order valence-electron chi connectivity index (χ3n) is 2.95. The lowest BCUT2D eigenvalue weighted by Gasteiger charge is -2.18. The van der Waals surface area contributed by atoms with E-state index in [9.17, 15) is 4.39 Å². The molecule has 0 radical (unpaired) electrons. The van der Waals surface area contributed by atoms with Crippen LogP contribution < -0.4 is 5.32 Å². The Kier molecular flexibility index (Phi) is 3.95. The molecule has 0 bridgehead atoms. The van der Waals surface area contributed by atoms with Crippen molar-refractivity contribution in [3.05, 3.63) is 34.1 Å². The number of rotatable bonds is 3. The summed E-state index contributed by atoms with van der Waals surface area (Å²) >= 11 is 3.16. The van der Waals surface area contributed by atoms with Gasteiger partial charge in [-0.3, -0.25) is 0 Å². The van der Waals surface area contributed by atoms with Crippen LogP contribution in [0.15, 0.2) is 22.7 Å². The van der Waals surface area contributed by atoms with E-state index < -0.39 is 0 Å². The minimum atomic E-state index is -0.226. The van der Waals surface area contributed by atoms with Crippen LogP contribution in [0.25, 0.3) is 0 Å². The van der Waals surface area contributed by atoms with Gasteiger partial charge in [0.2, 0.25) is 0 Å². The molecule has 16 heavy (non-hydrogen) atoms. The lowest BCUT2D eigenvalue weighted by atomic mass is 9.95. The first kappa shape index (κ1) is 12.0. The molecule has 4 heteroatoms. The Labute approximate surface area is 103 Å². The van der Waals surface area contributed by atoms with Crippen molar-refractivity contribution in [2.75, 3.05) is 20.2 Å². The lowest BCUT2D eigenvalue weighted by molar-refractivity contribution is 0.0907. The molecule has 1 saturated heterocycles. The largest absolute Gasteiger partial charge is 0.373 e. The molecule has 2 nitrogen and oxygen atoms in total. The summed E-state index contributed by atoms with van der Waals surface area (Å²) in [5.74, 6) is 0.210. The maximum Gasteiger partial charge on any atom is 0.137 e. The van der Waals surface area contributed by atoms with E-state index >= 15 is 0 Å². The van der Waals surface area contributed by atoms with Gasteiger partial charge in [0.25, 0.3) is 0 Å². The molecule has 0 saturated carbocycles. The third kappa shape index (κ3) is 2.44. The van der Waals surface area contributed by atoms with Crippen LogP contribution in [0.5, 0.6) is 0 Å². The molecule has 0 spiro atoms. The Bertz CT molecular complexity index is 372. The first-order valence-corrected chi connectivity index (χ1v) is 6.23. The van der Waals surface area contributed by atoms with Crippen LogP contribution in [0.3, 0.4) is 0 Å². The Balaban J connectivity index is 2.19. The van der Waals surface area contributed by atoms with Gasteiger partial charge < -0.3 is 10.1 Å². The van der Waals surface area contributed by atoms with E-state index in [1.54, 1.807) is 12.1 Å². The number of ether oxygens (including phenoxy) is 1. The number of halogens is 2. The Morgan fingerprint density at radius 2 is 2.38 bits per heavy atom. The molecular formula is C12H15BrFNO. The minimum absolute atomic E-state index is 0.0232. The maximum absolute atomic E-state index is 13.4. The predicted octanol–water partition coefficient (Wildman–Crippen LogP) is 2.89. The number of benzene rings is 1. The summed E-state index contributed by atoms with van der Waals surface area (Å²) in [6, 6.07) is 5.22. The predicted molar refractivity (Wildman–Crippen MR) is 64.8 cm³/mol. The first-order chi connectivity index (χ1) is 7.72. The summed E-state index contributed by atoms with van der Waals surface area (Å²) in [5.41, 5.74) is 0.929. The average Bonchev–Trinajstić information content (AvgIpc) is 2.71. The standard InChI is InChI=1S/C12H15BrFNO/c1-15-7-9-4-5-16-12(9)8-2-3-10(13)11(14)6-8/h2-3,6,9,12,15H,4-5,7H2,1H3. The monoisotopic (exact) mass is 287 g/mol. The topological polar surface area (TPSA) is 21.3 Å². The summed E-state index contributed by atoms with van der Waals surface area (Å²) in [6.07, 6.45) is 1.05. The lowest BCUT2D eigenvalue weighted by Crippen LogP contribution is -2.21. The van der Waals surface area contributed by atoms with Gasteiger partial charge in [0, 0.05) is 19.1 Å². The molecule has 1 aromatic rings. The van der Waals surface area contributed by atoms with Crippen molar-refractivity contribution >= 4 is 15.9 Å². The molecule has 0 aromatic heterocycles. The van der Waals surface area contributed by atoms with E-state index in [0.717, 1.165) is 25.1 Å². The van der Waals surface area contributed by atoms with Crippen LogP contribution >= 0.6 is 15.9 Å².